The summed E-state index contributed by atoms with van der Waals surface area (Å²) in [6.45, 7) is 0.669. The van der Waals surface area contributed by atoms with Gasteiger partial charge in [0.2, 0.25) is 0 Å². The predicted octanol–water partition coefficient (Wildman–Crippen LogP) is 0.724. The van der Waals surface area contributed by atoms with Gasteiger partial charge in [-0.15, -0.1) is 0 Å². The zero-order chi connectivity index (χ0) is 13.1. The van der Waals surface area contributed by atoms with Gasteiger partial charge in [0, 0.05) is 19.3 Å². The lowest BCUT2D eigenvalue weighted by Crippen LogP contribution is -2.42. The second-order valence-electron chi connectivity index (χ2n) is 4.30. The van der Waals surface area contributed by atoms with Gasteiger partial charge in [-0.25, -0.2) is 4.98 Å². The van der Waals surface area contributed by atoms with E-state index in [1.54, 1.807) is 0 Å². The fraction of sp³-hybridized carbons (Fsp3) is 0.417. The Balaban J connectivity index is 2.14. The van der Waals surface area contributed by atoms with Crippen LogP contribution in [0.25, 0.3) is 0 Å². The molecule has 2 N–H and O–H groups in total. The Kier molecular flexibility index (Phi) is 3.45. The van der Waals surface area contributed by atoms with Gasteiger partial charge in [0.05, 0.1) is 5.92 Å². The number of nitrogens with zero attached hydrogens (tertiary/aromatic N) is 2. The number of likely N-dealkylation sites (tertiary alicyclic amines) is 1. The summed E-state index contributed by atoms with van der Waals surface area (Å²) >= 11 is 0. The smallest absolute Gasteiger partial charge is 0.308 e. The Hall–Kier alpha value is -2.11. The number of carbonyl (C=O) groups excluding carboxylic acids is 1. The first-order valence-corrected chi connectivity index (χ1v) is 5.75. The number of amides is 1. The highest BCUT2D eigenvalue weighted by molar-refractivity contribution is 5.95. The van der Waals surface area contributed by atoms with Crippen molar-refractivity contribution >= 4 is 11.9 Å². The molecule has 6 heteroatoms. The number of hydrogen-bond acceptors (Lipinski definition) is 4. The molecule has 1 aromatic rings. The number of aliphatic carboxylic acids is 1. The van der Waals surface area contributed by atoms with E-state index in [1.165, 1.54) is 23.2 Å². The summed E-state index contributed by atoms with van der Waals surface area (Å²) < 4.78 is 0. The topological polar surface area (TPSA) is 90.7 Å². The lowest BCUT2D eigenvalue weighted by atomic mass is 9.98. The molecular formula is C12H14N2O4. The Morgan fingerprint density at radius 2 is 2.22 bits per heavy atom. The van der Waals surface area contributed by atoms with Crippen LogP contribution in [0.5, 0.6) is 5.75 Å². The van der Waals surface area contributed by atoms with Gasteiger partial charge in [0.1, 0.15) is 5.75 Å². The summed E-state index contributed by atoms with van der Waals surface area (Å²) in [5.41, 5.74) is -0.0245. The molecule has 6 nitrogen and oxygen atoms in total. The van der Waals surface area contributed by atoms with Crippen LogP contribution in [-0.4, -0.2) is 45.1 Å². The summed E-state index contributed by atoms with van der Waals surface area (Å²) in [6.07, 6.45) is 2.65. The Morgan fingerprint density at radius 3 is 2.89 bits per heavy atom. The number of hydrogen-bond donors (Lipinski definition) is 2. The Morgan fingerprint density at radius 1 is 1.44 bits per heavy atom. The van der Waals surface area contributed by atoms with Gasteiger partial charge in [-0.3, -0.25) is 9.59 Å². The standard InChI is InChI=1S/C12H14N2O4/c15-9-4-1-5-13-10(9)11(16)14-6-2-3-8(7-14)12(17)18/h1,4-5,8,15H,2-3,6-7H2,(H,17,18)/t8-/m1/s1. The van der Waals surface area contributed by atoms with Crippen LogP contribution in [0, 0.1) is 5.92 Å². The van der Waals surface area contributed by atoms with Crippen molar-refractivity contribution in [2.75, 3.05) is 13.1 Å². The molecule has 0 unspecified atom stereocenters. The molecule has 1 aliphatic heterocycles. The fourth-order valence-electron chi connectivity index (χ4n) is 2.07. The van der Waals surface area contributed by atoms with E-state index in [1.807, 2.05) is 0 Å². The molecule has 1 amide bonds. The zero-order valence-corrected chi connectivity index (χ0v) is 9.74. The zero-order valence-electron chi connectivity index (χ0n) is 9.74. The lowest BCUT2D eigenvalue weighted by molar-refractivity contribution is -0.143. The number of piperidine rings is 1. The summed E-state index contributed by atoms with van der Waals surface area (Å²) in [6, 6.07) is 2.92. The highest BCUT2D eigenvalue weighted by Gasteiger charge is 2.30. The van der Waals surface area contributed by atoms with Crippen molar-refractivity contribution < 1.29 is 19.8 Å². The number of rotatable bonds is 2. The third-order valence-electron chi connectivity index (χ3n) is 3.05. The van der Waals surface area contributed by atoms with E-state index >= 15 is 0 Å². The number of carboxylic acid groups (broad SMARTS) is 1. The highest BCUT2D eigenvalue weighted by atomic mass is 16.4. The molecule has 0 bridgehead atoms. The van der Waals surface area contributed by atoms with Gasteiger partial charge in [0.15, 0.2) is 5.69 Å². The Labute approximate surface area is 104 Å². The maximum atomic E-state index is 12.1. The van der Waals surface area contributed by atoms with Crippen molar-refractivity contribution in [2.24, 2.45) is 5.92 Å². The number of aromatic nitrogens is 1. The van der Waals surface area contributed by atoms with Gasteiger partial charge in [-0.05, 0) is 25.0 Å². The second kappa shape index (κ2) is 5.03. The molecule has 0 spiro atoms. The number of carboxylic acids is 1. The molecule has 0 radical (unpaired) electrons. The van der Waals surface area contributed by atoms with E-state index in [0.717, 1.165) is 0 Å². The largest absolute Gasteiger partial charge is 0.505 e. The quantitative estimate of drug-likeness (QED) is 0.807. The number of aromatic hydroxyl groups is 1. The molecule has 0 aromatic carbocycles. The SMILES string of the molecule is O=C(O)[C@@H]1CCCN(C(=O)c2ncccc2O)C1. The van der Waals surface area contributed by atoms with Crippen molar-refractivity contribution in [3.05, 3.63) is 24.0 Å². The average molecular weight is 250 g/mol. The van der Waals surface area contributed by atoms with Crippen molar-refractivity contribution in [1.82, 2.24) is 9.88 Å². The summed E-state index contributed by atoms with van der Waals surface area (Å²) in [7, 11) is 0. The van der Waals surface area contributed by atoms with Crippen molar-refractivity contribution in [1.29, 1.82) is 0 Å². The van der Waals surface area contributed by atoms with E-state index in [0.29, 0.717) is 19.4 Å². The van der Waals surface area contributed by atoms with E-state index in [9.17, 15) is 14.7 Å². The molecule has 1 fully saturated rings. The first kappa shape index (κ1) is 12.3. The molecule has 96 valence electrons. The van der Waals surface area contributed by atoms with Crippen molar-refractivity contribution in [3.63, 3.8) is 0 Å². The second-order valence-corrected chi connectivity index (χ2v) is 4.30. The maximum absolute atomic E-state index is 12.1. The summed E-state index contributed by atoms with van der Waals surface area (Å²) in [5, 5.41) is 18.5. The van der Waals surface area contributed by atoms with Crippen LogP contribution in [0.2, 0.25) is 0 Å². The van der Waals surface area contributed by atoms with Crippen molar-refractivity contribution in [2.45, 2.75) is 12.8 Å². The molecular weight excluding hydrogens is 236 g/mol. The van der Waals surface area contributed by atoms with Gasteiger partial charge < -0.3 is 15.1 Å². The Bertz CT molecular complexity index is 475. The van der Waals surface area contributed by atoms with Gasteiger partial charge in [0.25, 0.3) is 5.91 Å². The van der Waals surface area contributed by atoms with Crippen molar-refractivity contribution in [3.8, 4) is 5.75 Å². The molecule has 0 saturated carbocycles. The summed E-state index contributed by atoms with van der Waals surface area (Å²) in [5.74, 6) is -2.02. The molecule has 1 aromatic heterocycles. The summed E-state index contributed by atoms with van der Waals surface area (Å²) in [4.78, 5) is 28.3. The fourth-order valence-corrected chi connectivity index (χ4v) is 2.07. The molecule has 1 saturated heterocycles. The average Bonchev–Trinajstić information content (AvgIpc) is 2.38. The van der Waals surface area contributed by atoms with E-state index < -0.39 is 17.8 Å². The van der Waals surface area contributed by atoms with E-state index in [4.69, 9.17) is 5.11 Å². The third-order valence-corrected chi connectivity index (χ3v) is 3.05. The highest BCUT2D eigenvalue weighted by Crippen LogP contribution is 2.21. The molecule has 1 aliphatic rings. The van der Waals surface area contributed by atoms with E-state index in [2.05, 4.69) is 4.98 Å². The molecule has 18 heavy (non-hydrogen) atoms. The molecule has 0 aliphatic carbocycles. The van der Waals surface area contributed by atoms with Gasteiger partial charge in [-0.1, -0.05) is 0 Å². The van der Waals surface area contributed by atoms with Crippen LogP contribution in [-0.2, 0) is 4.79 Å². The first-order chi connectivity index (χ1) is 8.59. The first-order valence-electron chi connectivity index (χ1n) is 5.75. The van der Waals surface area contributed by atoms with Crippen LogP contribution in [0.1, 0.15) is 23.3 Å². The number of pyridine rings is 1. The van der Waals surface area contributed by atoms with Gasteiger partial charge in [-0.2, -0.15) is 0 Å². The lowest BCUT2D eigenvalue weighted by Gasteiger charge is -2.30. The minimum Gasteiger partial charge on any atom is -0.505 e. The van der Waals surface area contributed by atoms with Crippen LogP contribution in [0.3, 0.4) is 0 Å². The minimum absolute atomic E-state index is 0.0245. The van der Waals surface area contributed by atoms with Crippen LogP contribution in [0.15, 0.2) is 18.3 Å². The van der Waals surface area contributed by atoms with Crippen LogP contribution >= 0.6 is 0 Å². The minimum atomic E-state index is -0.891. The number of carbonyl (C=O) groups is 2. The van der Waals surface area contributed by atoms with Crippen LogP contribution < -0.4 is 0 Å². The predicted molar refractivity (Wildman–Crippen MR) is 62.2 cm³/mol. The van der Waals surface area contributed by atoms with E-state index in [-0.39, 0.29) is 18.0 Å². The molecule has 1 atom stereocenters. The van der Waals surface area contributed by atoms with Crippen LogP contribution in [0.4, 0.5) is 0 Å². The third kappa shape index (κ3) is 2.42. The molecule has 2 rings (SSSR count). The maximum Gasteiger partial charge on any atom is 0.308 e. The monoisotopic (exact) mass is 250 g/mol. The normalized spacial score (nSPS) is 19.6. The van der Waals surface area contributed by atoms with Gasteiger partial charge >= 0.3 is 5.97 Å². The molecule has 2 heterocycles.